The lowest BCUT2D eigenvalue weighted by molar-refractivity contribution is -0.147. The van der Waals surface area contributed by atoms with E-state index in [1.54, 1.807) is 48.5 Å². The van der Waals surface area contributed by atoms with Gasteiger partial charge in [-0.25, -0.2) is 9.97 Å². The fraction of sp³-hybridized carbons (Fsp3) is 0.136. The average molecular weight is 556 g/mol. The van der Waals surface area contributed by atoms with Gasteiger partial charge in [0.1, 0.15) is 0 Å². The van der Waals surface area contributed by atoms with E-state index in [9.17, 15) is 18.0 Å². The Morgan fingerprint density at radius 3 is 2.23 bits per heavy atom. The van der Waals surface area contributed by atoms with Crippen LogP contribution < -0.4 is 0 Å². The number of Topliss-reactive ketones (excluding diaryl/α,β-unsaturated/α-hetero) is 1. The number of carbonyl (C=O) groups excluding carboxylic acids is 1. The number of rotatable bonds is 7. The lowest BCUT2D eigenvalue weighted by Gasteiger charge is -2.11. The molecule has 2 heterocycles. The van der Waals surface area contributed by atoms with Gasteiger partial charge in [0.05, 0.1) is 16.3 Å². The van der Waals surface area contributed by atoms with Crippen LogP contribution in [-0.2, 0) is 13.2 Å². The summed E-state index contributed by atoms with van der Waals surface area (Å²) in [6.07, 6.45) is -3.15. The summed E-state index contributed by atoms with van der Waals surface area (Å²) >= 11 is 14.0. The van der Waals surface area contributed by atoms with Gasteiger partial charge in [0, 0.05) is 34.4 Å². The number of benzene rings is 2. The van der Waals surface area contributed by atoms with Gasteiger partial charge in [0.15, 0.2) is 16.1 Å². The lowest BCUT2D eigenvalue weighted by atomic mass is 10.1. The van der Waals surface area contributed by atoms with Gasteiger partial charge in [-0.2, -0.15) is 13.2 Å². The van der Waals surface area contributed by atoms with E-state index in [1.165, 1.54) is 13.2 Å². The molecule has 2 aromatic carbocycles. The Hall–Kier alpha value is -2.60. The van der Waals surface area contributed by atoms with Crippen molar-refractivity contribution in [2.45, 2.75) is 21.4 Å². The first-order valence-electron chi connectivity index (χ1n) is 9.81. The van der Waals surface area contributed by atoms with Gasteiger partial charge < -0.3 is 4.57 Å². The van der Waals surface area contributed by atoms with Crippen LogP contribution in [0.5, 0.6) is 0 Å². The van der Waals surface area contributed by atoms with E-state index in [0.717, 1.165) is 28.1 Å². The van der Waals surface area contributed by atoms with Crippen molar-refractivity contribution in [1.29, 1.82) is 0 Å². The second-order valence-corrected chi connectivity index (χ2v) is 9.88. The predicted molar refractivity (Wildman–Crippen MR) is 129 cm³/mol. The minimum absolute atomic E-state index is 0.0226. The number of aromatic nitrogens is 5. The Balaban J connectivity index is 1.62. The van der Waals surface area contributed by atoms with E-state index in [2.05, 4.69) is 20.2 Å². The standard InChI is InChI=1S/C22H14Cl2F3N5OS2/c1-32-19(22(25,26)27)30-31-21(32)35-17-10-28-20(29-18(17)13-4-8-15(24)9-5-13)34-11-16(33)12-2-6-14(23)7-3-12/h2-10H,11H2,1H3. The molecule has 4 aromatic rings. The van der Waals surface area contributed by atoms with Gasteiger partial charge in [-0.05, 0) is 48.2 Å². The van der Waals surface area contributed by atoms with Crippen molar-refractivity contribution >= 4 is 52.5 Å². The first-order valence-corrected chi connectivity index (χ1v) is 12.4. The van der Waals surface area contributed by atoms with Gasteiger partial charge in [0.2, 0.25) is 5.82 Å². The third-order valence-electron chi connectivity index (χ3n) is 4.64. The summed E-state index contributed by atoms with van der Waals surface area (Å²) < 4.78 is 40.2. The van der Waals surface area contributed by atoms with Crippen LogP contribution >= 0.6 is 46.7 Å². The molecule has 0 fully saturated rings. The van der Waals surface area contributed by atoms with E-state index in [1.807, 2.05) is 0 Å². The topological polar surface area (TPSA) is 73.6 Å². The third-order valence-corrected chi connectivity index (χ3v) is 7.06. The van der Waals surface area contributed by atoms with Crippen molar-refractivity contribution in [1.82, 2.24) is 24.7 Å². The maximum absolute atomic E-state index is 13.1. The van der Waals surface area contributed by atoms with Crippen LogP contribution in [0, 0.1) is 0 Å². The fourth-order valence-corrected chi connectivity index (χ4v) is 4.74. The number of nitrogens with zero attached hydrogens (tertiary/aromatic N) is 5. The summed E-state index contributed by atoms with van der Waals surface area (Å²) in [6, 6.07) is 13.4. The monoisotopic (exact) mass is 555 g/mol. The van der Waals surface area contributed by atoms with E-state index in [-0.39, 0.29) is 16.7 Å². The van der Waals surface area contributed by atoms with Crippen molar-refractivity contribution in [3.8, 4) is 11.3 Å². The highest BCUT2D eigenvalue weighted by Gasteiger charge is 2.37. The highest BCUT2D eigenvalue weighted by molar-refractivity contribution is 8.00. The minimum atomic E-state index is -4.63. The predicted octanol–water partition coefficient (Wildman–Crippen LogP) is 6.72. The number of hydrogen-bond acceptors (Lipinski definition) is 7. The largest absolute Gasteiger partial charge is 0.451 e. The van der Waals surface area contributed by atoms with E-state index < -0.39 is 12.0 Å². The molecule has 0 spiro atoms. The van der Waals surface area contributed by atoms with Crippen molar-refractivity contribution in [3.63, 3.8) is 0 Å². The maximum atomic E-state index is 13.1. The van der Waals surface area contributed by atoms with Crippen LogP contribution in [0.15, 0.2) is 69.9 Å². The summed E-state index contributed by atoms with van der Waals surface area (Å²) in [7, 11) is 1.24. The van der Waals surface area contributed by atoms with Crippen LogP contribution in [0.25, 0.3) is 11.3 Å². The zero-order chi connectivity index (χ0) is 25.2. The zero-order valence-corrected chi connectivity index (χ0v) is 20.9. The smallest absolute Gasteiger partial charge is 0.301 e. The van der Waals surface area contributed by atoms with E-state index in [4.69, 9.17) is 23.2 Å². The van der Waals surface area contributed by atoms with Gasteiger partial charge in [-0.3, -0.25) is 4.79 Å². The first kappa shape index (κ1) is 25.5. The number of hydrogen-bond donors (Lipinski definition) is 0. The minimum Gasteiger partial charge on any atom is -0.301 e. The molecule has 0 bridgehead atoms. The molecule has 0 atom stereocenters. The molecule has 35 heavy (non-hydrogen) atoms. The second kappa shape index (κ2) is 10.6. The Labute approximate surface area is 216 Å². The molecular weight excluding hydrogens is 542 g/mol. The summed E-state index contributed by atoms with van der Waals surface area (Å²) in [5, 5.41) is 8.32. The van der Waals surface area contributed by atoms with Crippen molar-refractivity contribution < 1.29 is 18.0 Å². The molecule has 0 N–H and O–H groups in total. The molecule has 13 heteroatoms. The number of thioether (sulfide) groups is 1. The molecular formula is C22H14Cl2F3N5OS2. The molecule has 0 aliphatic rings. The molecule has 0 amide bonds. The maximum Gasteiger partial charge on any atom is 0.451 e. The van der Waals surface area contributed by atoms with Crippen LogP contribution in [0.3, 0.4) is 0 Å². The first-order chi connectivity index (χ1) is 16.6. The van der Waals surface area contributed by atoms with Gasteiger partial charge in [-0.1, -0.05) is 47.1 Å². The molecule has 4 rings (SSSR count). The summed E-state index contributed by atoms with van der Waals surface area (Å²) in [6.45, 7) is 0. The molecule has 0 saturated heterocycles. The molecule has 0 aliphatic carbocycles. The number of halogens is 5. The molecule has 0 unspecified atom stereocenters. The average Bonchev–Trinajstić information content (AvgIpc) is 3.19. The highest BCUT2D eigenvalue weighted by Crippen LogP contribution is 2.37. The van der Waals surface area contributed by atoms with E-state index >= 15 is 0 Å². The highest BCUT2D eigenvalue weighted by atomic mass is 35.5. The third kappa shape index (κ3) is 6.16. The molecule has 0 saturated carbocycles. The van der Waals surface area contributed by atoms with Crippen LogP contribution in [0.4, 0.5) is 13.2 Å². The Morgan fingerprint density at radius 1 is 1.00 bits per heavy atom. The second-order valence-electron chi connectivity index (χ2n) is 7.06. The molecule has 180 valence electrons. The SMILES string of the molecule is Cn1c(Sc2cnc(SCC(=O)c3ccc(Cl)cc3)nc2-c2ccc(Cl)cc2)nnc1C(F)(F)F. The Bertz CT molecular complexity index is 1360. The van der Waals surface area contributed by atoms with Crippen molar-refractivity contribution in [2.75, 3.05) is 5.75 Å². The molecule has 6 nitrogen and oxygen atoms in total. The fourth-order valence-electron chi connectivity index (χ4n) is 2.91. The normalized spacial score (nSPS) is 11.6. The Morgan fingerprint density at radius 2 is 1.63 bits per heavy atom. The van der Waals surface area contributed by atoms with Crippen LogP contribution in [0.1, 0.15) is 16.2 Å². The van der Waals surface area contributed by atoms with Gasteiger partial charge in [0.25, 0.3) is 0 Å². The number of carbonyl (C=O) groups is 1. The molecule has 2 aromatic heterocycles. The summed E-state index contributed by atoms with van der Waals surface area (Å²) in [5.74, 6) is -1.14. The van der Waals surface area contributed by atoms with Gasteiger partial charge >= 0.3 is 6.18 Å². The quantitative estimate of drug-likeness (QED) is 0.142. The lowest BCUT2D eigenvalue weighted by Crippen LogP contribution is -2.12. The van der Waals surface area contributed by atoms with Crippen molar-refractivity contribution in [2.24, 2.45) is 7.05 Å². The summed E-state index contributed by atoms with van der Waals surface area (Å²) in [5.41, 5.74) is 1.64. The van der Waals surface area contributed by atoms with Gasteiger partial charge in [-0.15, -0.1) is 10.2 Å². The van der Waals surface area contributed by atoms with Crippen molar-refractivity contribution in [3.05, 3.63) is 76.2 Å². The number of alkyl halides is 3. The zero-order valence-electron chi connectivity index (χ0n) is 17.8. The summed E-state index contributed by atoms with van der Waals surface area (Å²) in [4.78, 5) is 21.8. The molecule has 0 radical (unpaired) electrons. The van der Waals surface area contributed by atoms with Crippen LogP contribution in [-0.4, -0.2) is 36.3 Å². The Kier molecular flexibility index (Phi) is 7.70. The number of ketones is 1. The van der Waals surface area contributed by atoms with Crippen LogP contribution in [0.2, 0.25) is 10.0 Å². The van der Waals surface area contributed by atoms with E-state index in [0.29, 0.717) is 36.9 Å². The molecule has 0 aliphatic heterocycles.